The maximum atomic E-state index is 13.0. The van der Waals surface area contributed by atoms with E-state index in [1.165, 1.54) is 19.2 Å². The number of anilines is 2. The molecule has 0 spiro atoms. The fourth-order valence-electron chi connectivity index (χ4n) is 2.88. The molecule has 0 aliphatic heterocycles. The monoisotopic (exact) mass is 438 g/mol. The van der Waals surface area contributed by atoms with Crippen molar-refractivity contribution in [2.75, 3.05) is 23.0 Å². The summed E-state index contributed by atoms with van der Waals surface area (Å²) in [5.74, 6) is -1.19. The number of hydrogen-bond acceptors (Lipinski definition) is 5. The first-order chi connectivity index (χ1) is 13.6. The Morgan fingerprint density at radius 3 is 2.41 bits per heavy atom. The predicted molar refractivity (Wildman–Crippen MR) is 114 cm³/mol. The zero-order chi connectivity index (χ0) is 21.8. The molecule has 29 heavy (non-hydrogen) atoms. The quantitative estimate of drug-likeness (QED) is 0.666. The summed E-state index contributed by atoms with van der Waals surface area (Å²) in [7, 11) is -2.57. The summed E-state index contributed by atoms with van der Waals surface area (Å²) in [6.07, 6.45) is 1.23. The van der Waals surface area contributed by atoms with E-state index in [-0.39, 0.29) is 23.4 Å². The van der Waals surface area contributed by atoms with Crippen LogP contribution < -0.4 is 9.62 Å². The molecule has 1 N–H and O–H groups in total. The molecule has 2 rings (SSSR count). The first-order valence-corrected chi connectivity index (χ1v) is 11.1. The number of nitrogens with zero attached hydrogens (tertiary/aromatic N) is 1. The van der Waals surface area contributed by atoms with Gasteiger partial charge in [0.25, 0.3) is 0 Å². The van der Waals surface area contributed by atoms with Gasteiger partial charge in [-0.05, 0) is 43.2 Å². The van der Waals surface area contributed by atoms with E-state index in [1.54, 1.807) is 44.2 Å². The highest BCUT2D eigenvalue weighted by Crippen LogP contribution is 2.28. The Morgan fingerprint density at radius 2 is 1.86 bits per heavy atom. The van der Waals surface area contributed by atoms with Crippen LogP contribution in [0.25, 0.3) is 0 Å². The molecular formula is C20H23ClN2O5S. The molecule has 2 aromatic carbocycles. The van der Waals surface area contributed by atoms with Gasteiger partial charge in [-0.2, -0.15) is 0 Å². The van der Waals surface area contributed by atoms with E-state index in [0.717, 1.165) is 16.1 Å². The Balaban J connectivity index is 2.45. The van der Waals surface area contributed by atoms with Crippen LogP contribution in [-0.2, 0) is 19.6 Å². The summed E-state index contributed by atoms with van der Waals surface area (Å²) in [5.41, 5.74) is 1.47. The van der Waals surface area contributed by atoms with E-state index in [9.17, 15) is 18.0 Å². The topological polar surface area (TPSA) is 92.8 Å². The van der Waals surface area contributed by atoms with Gasteiger partial charge >= 0.3 is 5.97 Å². The van der Waals surface area contributed by atoms with Crippen LogP contribution in [0.3, 0.4) is 0 Å². The molecule has 0 aliphatic rings. The Kier molecular flexibility index (Phi) is 7.26. The van der Waals surface area contributed by atoms with Gasteiger partial charge in [-0.15, -0.1) is 0 Å². The Morgan fingerprint density at radius 1 is 1.21 bits per heavy atom. The molecule has 7 nitrogen and oxygen atoms in total. The van der Waals surface area contributed by atoms with Crippen LogP contribution in [0.1, 0.15) is 29.3 Å². The predicted octanol–water partition coefficient (Wildman–Crippen LogP) is 3.62. The highest BCUT2D eigenvalue weighted by Gasteiger charge is 2.32. The smallest absolute Gasteiger partial charge is 0.339 e. The molecule has 9 heteroatoms. The maximum Gasteiger partial charge on any atom is 0.339 e. The van der Waals surface area contributed by atoms with Gasteiger partial charge in [0.2, 0.25) is 15.9 Å². The molecule has 2 aromatic rings. The highest BCUT2D eigenvalue weighted by atomic mass is 35.5. The van der Waals surface area contributed by atoms with E-state index >= 15 is 0 Å². The fraction of sp³-hybridized carbons (Fsp3) is 0.300. The number of para-hydroxylation sites is 1. The molecule has 0 aromatic heterocycles. The van der Waals surface area contributed by atoms with Crippen LogP contribution in [-0.4, -0.2) is 39.7 Å². The molecule has 1 amide bonds. The molecule has 0 saturated carbocycles. The van der Waals surface area contributed by atoms with Crippen LogP contribution in [0.2, 0.25) is 5.02 Å². The van der Waals surface area contributed by atoms with E-state index in [1.807, 2.05) is 0 Å². The van der Waals surface area contributed by atoms with E-state index in [0.29, 0.717) is 5.02 Å². The van der Waals surface area contributed by atoms with E-state index < -0.39 is 27.9 Å². The Hall–Kier alpha value is -2.58. The van der Waals surface area contributed by atoms with Crippen LogP contribution in [0.4, 0.5) is 11.4 Å². The van der Waals surface area contributed by atoms with Crippen molar-refractivity contribution in [3.05, 3.63) is 58.6 Å². The van der Waals surface area contributed by atoms with Gasteiger partial charge in [0.05, 0.1) is 30.3 Å². The van der Waals surface area contributed by atoms with Gasteiger partial charge < -0.3 is 10.1 Å². The van der Waals surface area contributed by atoms with Gasteiger partial charge in [0.15, 0.2) is 0 Å². The largest absolute Gasteiger partial charge is 0.465 e. The van der Waals surface area contributed by atoms with Gasteiger partial charge in [-0.25, -0.2) is 13.2 Å². The summed E-state index contributed by atoms with van der Waals surface area (Å²) in [5, 5.41) is 3.04. The molecule has 0 radical (unpaired) electrons. The number of benzene rings is 2. The number of sulfonamides is 1. The third-order valence-electron chi connectivity index (χ3n) is 4.33. The second-order valence-electron chi connectivity index (χ2n) is 6.44. The van der Waals surface area contributed by atoms with Gasteiger partial charge in [0.1, 0.15) is 6.04 Å². The third kappa shape index (κ3) is 5.27. The molecule has 1 atom stereocenters. The SMILES string of the molecule is CC[C@H](C(=O)Nc1ccccc1C(=O)OC)N(c1ccc(C)c(Cl)c1)S(C)(=O)=O. The van der Waals surface area contributed by atoms with Crippen molar-refractivity contribution in [2.45, 2.75) is 26.3 Å². The summed E-state index contributed by atoms with van der Waals surface area (Å²) in [6.45, 7) is 3.50. The van der Waals surface area contributed by atoms with Crippen molar-refractivity contribution in [1.82, 2.24) is 0 Å². The van der Waals surface area contributed by atoms with Gasteiger partial charge in [0, 0.05) is 5.02 Å². The van der Waals surface area contributed by atoms with Crippen molar-refractivity contribution in [1.29, 1.82) is 0 Å². The number of nitrogens with one attached hydrogen (secondary N) is 1. The van der Waals surface area contributed by atoms with Crippen molar-refractivity contribution in [3.63, 3.8) is 0 Å². The van der Waals surface area contributed by atoms with Crippen molar-refractivity contribution in [3.8, 4) is 0 Å². The van der Waals surface area contributed by atoms with Crippen molar-refractivity contribution in [2.24, 2.45) is 0 Å². The molecule has 156 valence electrons. The summed E-state index contributed by atoms with van der Waals surface area (Å²) in [6, 6.07) is 10.1. The van der Waals surface area contributed by atoms with E-state index in [4.69, 9.17) is 16.3 Å². The number of amides is 1. The molecule has 0 heterocycles. The summed E-state index contributed by atoms with van der Waals surface area (Å²) < 4.78 is 30.8. The summed E-state index contributed by atoms with van der Waals surface area (Å²) >= 11 is 6.16. The molecule has 0 bridgehead atoms. The molecule has 0 unspecified atom stereocenters. The number of hydrogen-bond donors (Lipinski definition) is 1. The van der Waals surface area contributed by atoms with Crippen molar-refractivity contribution >= 4 is 44.9 Å². The fourth-order valence-corrected chi connectivity index (χ4v) is 4.25. The second-order valence-corrected chi connectivity index (χ2v) is 8.71. The normalized spacial score (nSPS) is 12.2. The van der Waals surface area contributed by atoms with Crippen LogP contribution in [0.15, 0.2) is 42.5 Å². The third-order valence-corrected chi connectivity index (χ3v) is 5.92. The lowest BCUT2D eigenvalue weighted by Crippen LogP contribution is -2.47. The lowest BCUT2D eigenvalue weighted by molar-refractivity contribution is -0.117. The standard InChI is InChI=1S/C20H23ClN2O5S/c1-5-18(19(24)22-17-9-7-6-8-15(17)20(25)28-3)23(29(4,26)27)14-11-10-13(2)16(21)12-14/h6-12,18H,5H2,1-4H3,(H,22,24)/t18-/m1/s1. The Labute approximate surface area is 175 Å². The van der Waals surface area contributed by atoms with Gasteiger partial charge in [-0.3, -0.25) is 9.10 Å². The first kappa shape index (κ1) is 22.7. The number of carbonyl (C=O) groups excluding carboxylic acids is 2. The number of ether oxygens (including phenoxy) is 1. The van der Waals surface area contributed by atoms with Crippen LogP contribution >= 0.6 is 11.6 Å². The zero-order valence-electron chi connectivity index (χ0n) is 16.6. The summed E-state index contributed by atoms with van der Waals surface area (Å²) in [4.78, 5) is 25.0. The number of rotatable bonds is 7. The van der Waals surface area contributed by atoms with E-state index in [2.05, 4.69) is 5.32 Å². The van der Waals surface area contributed by atoms with Crippen molar-refractivity contribution < 1.29 is 22.7 Å². The molecule has 0 fully saturated rings. The van der Waals surface area contributed by atoms with Crippen LogP contribution in [0, 0.1) is 6.92 Å². The minimum absolute atomic E-state index is 0.169. The highest BCUT2D eigenvalue weighted by molar-refractivity contribution is 7.92. The number of halogens is 1. The average Bonchev–Trinajstić information content (AvgIpc) is 2.67. The second kappa shape index (κ2) is 9.28. The molecule has 0 saturated heterocycles. The maximum absolute atomic E-state index is 13.0. The number of methoxy groups -OCH3 is 1. The van der Waals surface area contributed by atoms with Gasteiger partial charge in [-0.1, -0.05) is 36.7 Å². The van der Waals surface area contributed by atoms with Crippen LogP contribution in [0.5, 0.6) is 0 Å². The molecule has 0 aliphatic carbocycles. The lowest BCUT2D eigenvalue weighted by Gasteiger charge is -2.30. The number of esters is 1. The molecular weight excluding hydrogens is 416 g/mol. The average molecular weight is 439 g/mol. The minimum Gasteiger partial charge on any atom is -0.465 e. The zero-order valence-corrected chi connectivity index (χ0v) is 18.2. The number of carbonyl (C=O) groups is 2. The number of aryl methyl sites for hydroxylation is 1. The minimum atomic E-state index is -3.81. The lowest BCUT2D eigenvalue weighted by atomic mass is 10.1. The first-order valence-electron chi connectivity index (χ1n) is 8.83. The Bertz CT molecular complexity index is 1020.